The van der Waals surface area contributed by atoms with Gasteiger partial charge >= 0.3 is 7.82 Å². The highest BCUT2D eigenvalue weighted by atomic mass is 31.2. The molecule has 0 fully saturated rings. The zero-order valence-electron chi connectivity index (χ0n) is 7.46. The predicted octanol–water partition coefficient (Wildman–Crippen LogP) is -3.67. The molecule has 0 aliphatic heterocycles. The van der Waals surface area contributed by atoms with Crippen molar-refractivity contribution in [3.05, 3.63) is 0 Å². The number of Topliss-reactive ketones (excluding diaryl/α,β-unsaturated/α-hetero) is 1. The molecule has 92 valence electrons. The maximum absolute atomic E-state index is 10.3. The van der Waals surface area contributed by atoms with E-state index < -0.39 is 39.0 Å². The van der Waals surface area contributed by atoms with E-state index in [1.165, 1.54) is 0 Å². The predicted molar refractivity (Wildman–Crippen MR) is 45.5 cm³/mol. The van der Waals surface area contributed by atoms with E-state index in [1.54, 1.807) is 0 Å². The van der Waals surface area contributed by atoms with Crippen molar-refractivity contribution in [1.29, 1.82) is 0 Å². The molecule has 0 rings (SSSR count). The summed E-state index contributed by atoms with van der Waals surface area (Å²) in [6.45, 7) is -1.54. The van der Waals surface area contributed by atoms with Crippen molar-refractivity contribution in [2.75, 3.05) is 13.2 Å². The minimum atomic E-state index is -4.64. The Labute approximate surface area is 84.5 Å². The fourth-order valence-corrected chi connectivity index (χ4v) is 0.408. The fraction of sp³-hybridized carbons (Fsp3) is 0.800. The standard InChI is InChI=1S/C5H10O5.H3O4P/c6-1-3(8)5(10)4(9)2-7;1-5(2,3)4/h3,5-8,10H,1-2H2;(H3,1,2,3,4)/t3-,5-;/m0./s1. The second-order valence-electron chi connectivity index (χ2n) is 2.33. The van der Waals surface area contributed by atoms with Crippen molar-refractivity contribution in [3.63, 3.8) is 0 Å². The summed E-state index contributed by atoms with van der Waals surface area (Å²) in [5, 5.41) is 33.6. The van der Waals surface area contributed by atoms with Gasteiger partial charge in [-0.3, -0.25) is 4.79 Å². The Morgan fingerprint density at radius 2 is 1.47 bits per heavy atom. The molecule has 0 aliphatic carbocycles. The largest absolute Gasteiger partial charge is 0.466 e. The number of aliphatic hydroxyl groups is 4. The van der Waals surface area contributed by atoms with Crippen LogP contribution >= 0.6 is 7.82 Å². The van der Waals surface area contributed by atoms with Crippen LogP contribution in [0.3, 0.4) is 0 Å². The molecule has 0 radical (unpaired) electrons. The third-order valence-corrected chi connectivity index (χ3v) is 1.04. The molecule has 0 amide bonds. The zero-order valence-corrected chi connectivity index (χ0v) is 8.36. The van der Waals surface area contributed by atoms with Gasteiger partial charge in [0, 0.05) is 0 Å². The molecule has 9 nitrogen and oxygen atoms in total. The normalized spacial score (nSPS) is 14.9. The van der Waals surface area contributed by atoms with Gasteiger partial charge in [0.25, 0.3) is 0 Å². The van der Waals surface area contributed by atoms with Gasteiger partial charge in [-0.15, -0.1) is 0 Å². The first-order chi connectivity index (χ1) is 6.63. The minimum absolute atomic E-state index is 0.701. The maximum atomic E-state index is 10.3. The first kappa shape index (κ1) is 17.0. The third-order valence-electron chi connectivity index (χ3n) is 1.04. The van der Waals surface area contributed by atoms with Crippen LogP contribution in [0.4, 0.5) is 0 Å². The Bertz CT molecular complexity index is 214. The van der Waals surface area contributed by atoms with E-state index in [1.807, 2.05) is 0 Å². The molecule has 0 saturated heterocycles. The monoisotopic (exact) mass is 248 g/mol. The lowest BCUT2D eigenvalue weighted by molar-refractivity contribution is -0.137. The smallest absolute Gasteiger partial charge is 0.394 e. The van der Waals surface area contributed by atoms with E-state index >= 15 is 0 Å². The van der Waals surface area contributed by atoms with Crippen LogP contribution in [-0.4, -0.2) is 66.3 Å². The van der Waals surface area contributed by atoms with E-state index in [2.05, 4.69) is 0 Å². The van der Waals surface area contributed by atoms with Crippen molar-refractivity contribution in [1.82, 2.24) is 0 Å². The van der Waals surface area contributed by atoms with Crippen molar-refractivity contribution < 1.29 is 44.5 Å². The summed E-state index contributed by atoms with van der Waals surface area (Å²) in [6.07, 6.45) is -3.19. The first-order valence-corrected chi connectivity index (χ1v) is 5.08. The first-order valence-electron chi connectivity index (χ1n) is 3.52. The van der Waals surface area contributed by atoms with E-state index in [0.29, 0.717) is 0 Å². The van der Waals surface area contributed by atoms with Crippen LogP contribution in [0.1, 0.15) is 0 Å². The number of phosphoric acid groups is 1. The van der Waals surface area contributed by atoms with Crippen LogP contribution in [-0.2, 0) is 9.36 Å². The van der Waals surface area contributed by atoms with Crippen LogP contribution in [0.2, 0.25) is 0 Å². The number of aliphatic hydroxyl groups excluding tert-OH is 4. The lowest BCUT2D eigenvalue weighted by Gasteiger charge is -2.11. The highest BCUT2D eigenvalue weighted by Gasteiger charge is 2.21. The highest BCUT2D eigenvalue weighted by Crippen LogP contribution is 2.25. The van der Waals surface area contributed by atoms with Gasteiger partial charge in [-0.25, -0.2) is 4.57 Å². The molecule has 0 aliphatic rings. The van der Waals surface area contributed by atoms with Crippen molar-refractivity contribution in [2.24, 2.45) is 0 Å². The van der Waals surface area contributed by atoms with Crippen molar-refractivity contribution in [3.8, 4) is 0 Å². The summed E-state index contributed by atoms with van der Waals surface area (Å²) < 4.78 is 8.88. The Morgan fingerprint density at radius 1 is 1.13 bits per heavy atom. The SMILES string of the molecule is O=C(CO)[C@@H](O)[C@@H](O)CO.O=P(O)(O)O. The van der Waals surface area contributed by atoms with E-state index in [-0.39, 0.29) is 0 Å². The van der Waals surface area contributed by atoms with E-state index in [9.17, 15) is 4.79 Å². The van der Waals surface area contributed by atoms with E-state index in [0.717, 1.165) is 0 Å². The molecule has 15 heavy (non-hydrogen) atoms. The molecule has 0 aromatic rings. The summed E-state index contributed by atoms with van der Waals surface area (Å²) in [6, 6.07) is 0. The lowest BCUT2D eigenvalue weighted by atomic mass is 10.1. The quantitative estimate of drug-likeness (QED) is 0.247. The topological polar surface area (TPSA) is 176 Å². The second kappa shape index (κ2) is 7.85. The summed E-state index contributed by atoms with van der Waals surface area (Å²) in [4.78, 5) is 31.9. The van der Waals surface area contributed by atoms with Crippen LogP contribution in [0.15, 0.2) is 0 Å². The molecule has 0 saturated carbocycles. The molecule has 0 aromatic heterocycles. The molecular weight excluding hydrogens is 235 g/mol. The number of carbonyl (C=O) groups excluding carboxylic acids is 1. The molecule has 2 atom stereocenters. The molecule has 10 heteroatoms. The number of rotatable bonds is 4. The summed E-state index contributed by atoms with van der Waals surface area (Å²) in [7, 11) is -4.64. The number of ketones is 1. The summed E-state index contributed by atoms with van der Waals surface area (Å²) in [5.41, 5.74) is 0. The van der Waals surface area contributed by atoms with E-state index in [4.69, 9.17) is 39.7 Å². The molecule has 0 unspecified atom stereocenters. The molecule has 0 heterocycles. The second-order valence-corrected chi connectivity index (χ2v) is 3.36. The van der Waals surface area contributed by atoms with Crippen LogP contribution in [0.25, 0.3) is 0 Å². The molecule has 0 aromatic carbocycles. The molecular formula is C5H13O9P. The average Bonchev–Trinajstić information content (AvgIpc) is 2.11. The Hall–Kier alpha value is -0.380. The van der Waals surface area contributed by atoms with Crippen molar-refractivity contribution >= 4 is 13.6 Å². The number of carbonyl (C=O) groups is 1. The van der Waals surface area contributed by atoms with Crippen molar-refractivity contribution in [2.45, 2.75) is 12.2 Å². The third kappa shape index (κ3) is 13.6. The molecule has 0 spiro atoms. The van der Waals surface area contributed by atoms with Crippen LogP contribution in [0.5, 0.6) is 0 Å². The Kier molecular flexibility index (Phi) is 8.92. The van der Waals surface area contributed by atoms with Gasteiger partial charge in [0.1, 0.15) is 18.8 Å². The minimum Gasteiger partial charge on any atom is -0.394 e. The van der Waals surface area contributed by atoms with Crippen LogP contribution in [0, 0.1) is 0 Å². The Morgan fingerprint density at radius 3 is 1.67 bits per heavy atom. The fourth-order valence-electron chi connectivity index (χ4n) is 0.408. The van der Waals surface area contributed by atoms with Gasteiger partial charge in [-0.1, -0.05) is 0 Å². The van der Waals surface area contributed by atoms with Gasteiger partial charge < -0.3 is 35.1 Å². The summed E-state index contributed by atoms with van der Waals surface area (Å²) >= 11 is 0. The van der Waals surface area contributed by atoms with Crippen LogP contribution < -0.4 is 0 Å². The summed E-state index contributed by atoms with van der Waals surface area (Å²) in [5.74, 6) is -0.901. The number of hydrogen-bond donors (Lipinski definition) is 7. The molecule has 0 bridgehead atoms. The van der Waals surface area contributed by atoms with Gasteiger partial charge in [0.2, 0.25) is 0 Å². The van der Waals surface area contributed by atoms with Gasteiger partial charge in [-0.05, 0) is 0 Å². The number of hydrogen-bond acceptors (Lipinski definition) is 6. The highest BCUT2D eigenvalue weighted by molar-refractivity contribution is 7.45. The van der Waals surface area contributed by atoms with Gasteiger partial charge in [-0.2, -0.15) is 0 Å². The maximum Gasteiger partial charge on any atom is 0.466 e. The average molecular weight is 248 g/mol. The zero-order chi connectivity index (χ0) is 12.6. The Balaban J connectivity index is 0. The lowest BCUT2D eigenvalue weighted by Crippen LogP contribution is -2.37. The van der Waals surface area contributed by atoms with Gasteiger partial charge in [0.15, 0.2) is 5.78 Å². The molecule has 7 N–H and O–H groups in total. The van der Waals surface area contributed by atoms with Gasteiger partial charge in [0.05, 0.1) is 6.61 Å².